The van der Waals surface area contributed by atoms with Gasteiger partial charge in [0.1, 0.15) is 5.75 Å². The Bertz CT molecular complexity index is 970. The van der Waals surface area contributed by atoms with Crippen LogP contribution in [0.3, 0.4) is 0 Å². The molecule has 0 fully saturated rings. The third kappa shape index (κ3) is 4.83. The summed E-state index contributed by atoms with van der Waals surface area (Å²) in [5.41, 5.74) is 3.87. The Kier molecular flexibility index (Phi) is 6.20. The van der Waals surface area contributed by atoms with E-state index < -0.39 is 5.97 Å². The van der Waals surface area contributed by atoms with Crippen molar-refractivity contribution in [2.75, 3.05) is 18.2 Å². The van der Waals surface area contributed by atoms with Gasteiger partial charge in [-0.05, 0) is 54.8 Å². The highest BCUT2D eigenvalue weighted by atomic mass is 32.2. The molecule has 28 heavy (non-hydrogen) atoms. The SMILES string of the molecule is Cc1ccc(Cc2nnc(SCCOc3ccc(C(=O)O)cc3)n2N)cc1C. The molecule has 3 rings (SSSR count). The van der Waals surface area contributed by atoms with E-state index >= 15 is 0 Å². The number of aromatic carboxylic acids is 1. The summed E-state index contributed by atoms with van der Waals surface area (Å²) < 4.78 is 7.13. The van der Waals surface area contributed by atoms with Crippen LogP contribution in [-0.4, -0.2) is 38.3 Å². The highest BCUT2D eigenvalue weighted by Gasteiger charge is 2.11. The molecule has 3 N–H and O–H groups in total. The molecule has 0 saturated heterocycles. The fraction of sp³-hybridized carbons (Fsp3) is 0.250. The van der Waals surface area contributed by atoms with Crippen molar-refractivity contribution in [2.45, 2.75) is 25.4 Å². The minimum Gasteiger partial charge on any atom is -0.493 e. The number of nitrogen functional groups attached to an aromatic ring is 1. The van der Waals surface area contributed by atoms with Crippen molar-refractivity contribution in [2.24, 2.45) is 0 Å². The molecule has 0 aliphatic carbocycles. The molecule has 2 aromatic carbocycles. The van der Waals surface area contributed by atoms with Crippen LogP contribution in [0.4, 0.5) is 0 Å². The molecule has 8 heteroatoms. The highest BCUT2D eigenvalue weighted by molar-refractivity contribution is 7.99. The van der Waals surface area contributed by atoms with Crippen LogP contribution in [-0.2, 0) is 6.42 Å². The molecule has 0 unspecified atom stereocenters. The maximum atomic E-state index is 10.8. The number of nitrogens with two attached hydrogens (primary N) is 1. The summed E-state index contributed by atoms with van der Waals surface area (Å²) in [7, 11) is 0. The number of hydrogen-bond donors (Lipinski definition) is 2. The van der Waals surface area contributed by atoms with E-state index in [4.69, 9.17) is 15.7 Å². The average molecular weight is 398 g/mol. The molecule has 0 saturated carbocycles. The van der Waals surface area contributed by atoms with Crippen molar-refractivity contribution in [1.29, 1.82) is 0 Å². The summed E-state index contributed by atoms with van der Waals surface area (Å²) in [6, 6.07) is 12.6. The van der Waals surface area contributed by atoms with Gasteiger partial charge in [-0.25, -0.2) is 9.47 Å². The summed E-state index contributed by atoms with van der Waals surface area (Å²) in [5.74, 6) is 7.14. The van der Waals surface area contributed by atoms with Gasteiger partial charge in [0.2, 0.25) is 5.16 Å². The summed E-state index contributed by atoms with van der Waals surface area (Å²) in [6.07, 6.45) is 0.623. The molecule has 0 radical (unpaired) electrons. The van der Waals surface area contributed by atoms with Gasteiger partial charge in [-0.2, -0.15) is 0 Å². The first-order chi connectivity index (χ1) is 13.4. The Hall–Kier alpha value is -3.00. The molecule has 1 heterocycles. The highest BCUT2D eigenvalue weighted by Crippen LogP contribution is 2.18. The zero-order chi connectivity index (χ0) is 20.1. The number of ether oxygens (including phenoxy) is 1. The summed E-state index contributed by atoms with van der Waals surface area (Å²) in [5, 5.41) is 17.9. The van der Waals surface area contributed by atoms with Crippen LogP contribution in [0.2, 0.25) is 0 Å². The van der Waals surface area contributed by atoms with Crippen LogP contribution in [0, 0.1) is 13.8 Å². The first kappa shape index (κ1) is 19.8. The Balaban J connectivity index is 1.51. The second kappa shape index (κ2) is 8.79. The second-order valence-electron chi connectivity index (χ2n) is 6.39. The maximum absolute atomic E-state index is 10.8. The molecular weight excluding hydrogens is 376 g/mol. The van der Waals surface area contributed by atoms with Gasteiger partial charge in [0, 0.05) is 12.2 Å². The average Bonchev–Trinajstić information content (AvgIpc) is 3.02. The fourth-order valence-electron chi connectivity index (χ4n) is 2.61. The lowest BCUT2D eigenvalue weighted by molar-refractivity contribution is 0.0697. The number of hydrogen-bond acceptors (Lipinski definition) is 6. The lowest BCUT2D eigenvalue weighted by Gasteiger charge is -2.07. The first-order valence-corrected chi connectivity index (χ1v) is 9.77. The van der Waals surface area contributed by atoms with Crippen molar-refractivity contribution in [3.8, 4) is 5.75 Å². The first-order valence-electron chi connectivity index (χ1n) is 8.78. The topological polar surface area (TPSA) is 103 Å². The van der Waals surface area contributed by atoms with E-state index in [9.17, 15) is 4.79 Å². The number of carboxylic acid groups (broad SMARTS) is 1. The van der Waals surface area contributed by atoms with Crippen molar-refractivity contribution in [3.63, 3.8) is 0 Å². The Morgan fingerprint density at radius 1 is 1.14 bits per heavy atom. The monoisotopic (exact) mass is 398 g/mol. The molecule has 0 amide bonds. The lowest BCUT2D eigenvalue weighted by atomic mass is 10.0. The third-order valence-corrected chi connectivity index (χ3v) is 5.26. The van der Waals surface area contributed by atoms with Gasteiger partial charge in [-0.1, -0.05) is 30.0 Å². The number of benzene rings is 2. The zero-order valence-corrected chi connectivity index (χ0v) is 16.6. The largest absolute Gasteiger partial charge is 0.493 e. The molecule has 0 aliphatic heterocycles. The van der Waals surface area contributed by atoms with Gasteiger partial charge >= 0.3 is 5.97 Å². The molecule has 0 aliphatic rings. The van der Waals surface area contributed by atoms with Crippen molar-refractivity contribution in [1.82, 2.24) is 14.9 Å². The number of aromatic nitrogens is 3. The fourth-order valence-corrected chi connectivity index (χ4v) is 3.30. The smallest absolute Gasteiger partial charge is 0.335 e. The number of nitrogens with zero attached hydrogens (tertiary/aromatic N) is 3. The molecule has 3 aromatic rings. The van der Waals surface area contributed by atoms with Crippen molar-refractivity contribution in [3.05, 3.63) is 70.5 Å². The van der Waals surface area contributed by atoms with Gasteiger partial charge in [0.15, 0.2) is 5.82 Å². The van der Waals surface area contributed by atoms with Crippen LogP contribution in [0.1, 0.15) is 32.9 Å². The number of thioether (sulfide) groups is 1. The van der Waals surface area contributed by atoms with Crippen LogP contribution in [0.25, 0.3) is 0 Å². The Morgan fingerprint density at radius 3 is 2.57 bits per heavy atom. The number of aryl methyl sites for hydroxylation is 2. The lowest BCUT2D eigenvalue weighted by Crippen LogP contribution is -2.15. The molecule has 1 aromatic heterocycles. The number of carbonyl (C=O) groups is 1. The van der Waals surface area contributed by atoms with Gasteiger partial charge in [0.05, 0.1) is 12.2 Å². The molecule has 0 spiro atoms. The minimum absolute atomic E-state index is 0.231. The summed E-state index contributed by atoms with van der Waals surface area (Å²) in [6.45, 7) is 4.61. The molecule has 7 nitrogen and oxygen atoms in total. The standard InChI is InChI=1S/C20H22N4O3S/c1-13-3-4-15(11-14(13)2)12-18-22-23-20(24(18)21)28-10-9-27-17-7-5-16(6-8-17)19(25)26/h3-8,11H,9-10,12,21H2,1-2H3,(H,25,26). The minimum atomic E-state index is -0.957. The summed E-state index contributed by atoms with van der Waals surface area (Å²) in [4.78, 5) is 10.8. The predicted molar refractivity (Wildman–Crippen MR) is 109 cm³/mol. The van der Waals surface area contributed by atoms with Crippen molar-refractivity contribution < 1.29 is 14.6 Å². The number of carboxylic acids is 1. The molecule has 0 atom stereocenters. The van der Waals surface area contributed by atoms with Crippen LogP contribution in [0.15, 0.2) is 47.6 Å². The van der Waals surface area contributed by atoms with Gasteiger partial charge in [-0.15, -0.1) is 10.2 Å². The maximum Gasteiger partial charge on any atom is 0.335 e. The van der Waals surface area contributed by atoms with Crippen LogP contribution < -0.4 is 10.6 Å². The normalized spacial score (nSPS) is 10.8. The van der Waals surface area contributed by atoms with E-state index in [1.807, 2.05) is 0 Å². The van der Waals surface area contributed by atoms with E-state index in [1.165, 1.54) is 39.7 Å². The quantitative estimate of drug-likeness (QED) is 0.341. The van der Waals surface area contributed by atoms with E-state index in [2.05, 4.69) is 42.2 Å². The zero-order valence-electron chi connectivity index (χ0n) is 15.8. The van der Waals surface area contributed by atoms with Crippen molar-refractivity contribution >= 4 is 17.7 Å². The van der Waals surface area contributed by atoms with E-state index in [0.29, 0.717) is 35.5 Å². The summed E-state index contributed by atoms with van der Waals surface area (Å²) >= 11 is 1.46. The van der Waals surface area contributed by atoms with Gasteiger partial charge in [0.25, 0.3) is 0 Å². The van der Waals surface area contributed by atoms with E-state index in [1.54, 1.807) is 12.1 Å². The number of rotatable bonds is 8. The second-order valence-corrected chi connectivity index (χ2v) is 7.45. The molecule has 146 valence electrons. The molecule has 0 bridgehead atoms. The Morgan fingerprint density at radius 2 is 1.89 bits per heavy atom. The third-order valence-electron chi connectivity index (χ3n) is 4.35. The van der Waals surface area contributed by atoms with E-state index in [-0.39, 0.29) is 5.56 Å². The predicted octanol–water partition coefficient (Wildman–Crippen LogP) is 3.07. The molecular formula is C20H22N4O3S. The van der Waals surface area contributed by atoms with E-state index in [0.717, 1.165) is 5.56 Å². The van der Waals surface area contributed by atoms with Crippen LogP contribution in [0.5, 0.6) is 5.75 Å². The van der Waals surface area contributed by atoms with Crippen LogP contribution >= 0.6 is 11.8 Å². The van der Waals surface area contributed by atoms with Gasteiger partial charge in [-0.3, -0.25) is 0 Å². The van der Waals surface area contributed by atoms with Gasteiger partial charge < -0.3 is 15.7 Å². The Labute approximate surface area is 167 Å².